The summed E-state index contributed by atoms with van der Waals surface area (Å²) in [7, 11) is 0. The first-order valence-corrected chi connectivity index (χ1v) is 0. The van der Waals surface area contributed by atoms with Crippen LogP contribution in [-0.2, 0) is 33.6 Å². The Hall–Kier alpha value is 4.18. The van der Waals surface area contributed by atoms with E-state index in [4.69, 9.17) is 0 Å². The molecule has 5 heavy (non-hydrogen) atoms. The van der Waals surface area contributed by atoms with Crippen LogP contribution >= 0.6 is 0 Å². The fraction of sp³-hybridized carbons (Fsp3) is 0. The molecule has 5 radical (unpaired) electrons. The van der Waals surface area contributed by atoms with Crippen molar-refractivity contribution < 1.29 is 33.6 Å². The molecule has 0 saturated heterocycles. The van der Waals surface area contributed by atoms with E-state index in [-0.39, 0.29) is 131 Å². The molecule has 0 aliphatic carbocycles. The number of rotatable bonds is 0. The summed E-state index contributed by atoms with van der Waals surface area (Å²) in [5, 5.41) is 0. The maximum absolute atomic E-state index is 0. The zero-order valence-corrected chi connectivity index (χ0v) is 12.0. The maximum Gasteiger partial charge on any atom is 0 e. The third-order valence-electron chi connectivity index (χ3n) is 0. The predicted molar refractivity (Wildman–Crippen MR) is 17.3 cm³/mol. The van der Waals surface area contributed by atoms with Gasteiger partial charge in [-0.25, -0.2) is 0 Å². The molecule has 0 unspecified atom stereocenters. The minimum atomic E-state index is 0. The van der Waals surface area contributed by atoms with Crippen molar-refractivity contribution in [2.45, 2.75) is 0 Å². The van der Waals surface area contributed by atoms with Gasteiger partial charge in [-0.15, -0.1) is 0 Å². The predicted octanol–water partition coefficient (Wildman–Crippen LogP) is -1.15. The first-order chi connectivity index (χ1) is 0. The molecule has 0 aromatic carbocycles. The molecule has 0 nitrogen and oxygen atoms in total. The summed E-state index contributed by atoms with van der Waals surface area (Å²) in [5.41, 5.74) is 0. The Morgan fingerprint density at radius 1 is 1.00 bits per heavy atom. The van der Waals surface area contributed by atoms with Crippen LogP contribution in [0.4, 0.5) is 0 Å². The molecule has 0 amide bonds. The summed E-state index contributed by atoms with van der Waals surface area (Å²) in [6.45, 7) is 0. The van der Waals surface area contributed by atoms with E-state index in [9.17, 15) is 0 Å². The van der Waals surface area contributed by atoms with Crippen molar-refractivity contribution in [2.24, 2.45) is 0 Å². The average Bonchev–Trinajstić information content (AvgIpc) is 0. The first-order valence-electron chi connectivity index (χ1n) is 0. The van der Waals surface area contributed by atoms with E-state index < -0.39 is 0 Å². The molecule has 0 fully saturated rings. The van der Waals surface area contributed by atoms with Crippen molar-refractivity contribution in [3.8, 4) is 0 Å². The van der Waals surface area contributed by atoms with Crippen molar-refractivity contribution in [3.05, 3.63) is 0 Å². The fourth-order valence-corrected chi connectivity index (χ4v) is 0. The van der Waals surface area contributed by atoms with Crippen LogP contribution in [0.5, 0.6) is 0 Å². The molecule has 0 spiro atoms. The van der Waals surface area contributed by atoms with Gasteiger partial charge in [0.25, 0.3) is 0 Å². The van der Waals surface area contributed by atoms with Crippen LogP contribution < -0.4 is 0 Å². The first kappa shape index (κ1) is 35.1. The van der Waals surface area contributed by atoms with E-state index in [0.717, 1.165) is 0 Å². The van der Waals surface area contributed by atoms with Crippen LogP contribution in [0, 0.1) is 0 Å². The molecule has 0 aromatic rings. The van der Waals surface area contributed by atoms with Crippen molar-refractivity contribution >= 4 is 97.3 Å². The summed E-state index contributed by atoms with van der Waals surface area (Å²) in [6, 6.07) is 0. The molecular formula is BaLiMnNaNi. The van der Waals surface area contributed by atoms with Gasteiger partial charge in [0, 0.05) is 131 Å². The van der Waals surface area contributed by atoms with Gasteiger partial charge in [0.2, 0.25) is 0 Å². The van der Waals surface area contributed by atoms with Gasteiger partial charge in [-0.05, 0) is 0 Å². The standard InChI is InChI=1S/Ba.Li.Mn.Na.Ni. The van der Waals surface area contributed by atoms with Gasteiger partial charge in [0.1, 0.15) is 0 Å². The average molecular weight is 281 g/mol. The molecule has 0 aromatic heterocycles. The normalized spacial score (nSPS) is 0. The zero-order valence-electron chi connectivity index (χ0n) is 3.40. The topological polar surface area (TPSA) is 0 Å². The summed E-state index contributed by atoms with van der Waals surface area (Å²) < 4.78 is 0. The Bertz CT molecular complexity index is 11.6. The molecule has 0 saturated carbocycles. The maximum atomic E-state index is 0. The molecule has 0 atom stereocenters. The molecule has 5 heteroatoms. The van der Waals surface area contributed by atoms with Crippen molar-refractivity contribution in [1.29, 1.82) is 0 Å². The Kier molecular flexibility index (Phi) is 170. The third-order valence-corrected chi connectivity index (χ3v) is 0. The summed E-state index contributed by atoms with van der Waals surface area (Å²) in [5.74, 6) is 0. The molecule has 0 heterocycles. The Morgan fingerprint density at radius 3 is 1.00 bits per heavy atom. The van der Waals surface area contributed by atoms with E-state index in [0.29, 0.717) is 0 Å². The zero-order chi connectivity index (χ0) is 0. The van der Waals surface area contributed by atoms with Gasteiger partial charge in [-0.3, -0.25) is 0 Å². The molecule has 0 aliphatic rings. The summed E-state index contributed by atoms with van der Waals surface area (Å²) in [6.07, 6.45) is 0. The number of hydrogen-bond acceptors (Lipinski definition) is 0. The molecule has 0 bridgehead atoms. The third kappa shape index (κ3) is 17.9. The molecular weight excluding hydrogens is 281 g/mol. The van der Waals surface area contributed by atoms with Crippen LogP contribution in [-0.4, -0.2) is 97.3 Å². The van der Waals surface area contributed by atoms with Crippen LogP contribution in [0.15, 0.2) is 0 Å². The SMILES string of the molecule is [Ba].[Li].[Mn].[Na].[Ni]. The summed E-state index contributed by atoms with van der Waals surface area (Å²) in [4.78, 5) is 0. The van der Waals surface area contributed by atoms with Crippen molar-refractivity contribution in [2.75, 3.05) is 0 Å². The second-order valence-electron chi connectivity index (χ2n) is 0. The van der Waals surface area contributed by atoms with Crippen LogP contribution in [0.3, 0.4) is 0 Å². The second-order valence-corrected chi connectivity index (χ2v) is 0. The van der Waals surface area contributed by atoms with Gasteiger partial charge < -0.3 is 0 Å². The van der Waals surface area contributed by atoms with Crippen molar-refractivity contribution in [3.63, 3.8) is 0 Å². The van der Waals surface area contributed by atoms with Gasteiger partial charge in [0.05, 0.1) is 0 Å². The van der Waals surface area contributed by atoms with E-state index in [1.54, 1.807) is 0 Å². The Morgan fingerprint density at radius 2 is 1.00 bits per heavy atom. The van der Waals surface area contributed by atoms with Crippen LogP contribution in [0.25, 0.3) is 0 Å². The second kappa shape index (κ2) is 24.1. The Balaban J connectivity index is 0. The van der Waals surface area contributed by atoms with Gasteiger partial charge in [-0.2, -0.15) is 0 Å². The van der Waals surface area contributed by atoms with E-state index >= 15 is 0 Å². The number of hydrogen-bond donors (Lipinski definition) is 0. The van der Waals surface area contributed by atoms with Crippen LogP contribution in [0.2, 0.25) is 0 Å². The monoisotopic (exact) mass is 281 g/mol. The molecule has 21 valence electrons. The minimum absolute atomic E-state index is 0. The summed E-state index contributed by atoms with van der Waals surface area (Å²) >= 11 is 0. The largest absolute Gasteiger partial charge is 0 e. The quantitative estimate of drug-likeness (QED) is 0.492. The van der Waals surface area contributed by atoms with E-state index in [1.165, 1.54) is 0 Å². The minimum Gasteiger partial charge on any atom is 0 e. The molecule has 0 rings (SSSR count). The van der Waals surface area contributed by atoms with Crippen molar-refractivity contribution in [1.82, 2.24) is 0 Å². The molecule has 0 N–H and O–H groups in total. The van der Waals surface area contributed by atoms with E-state index in [2.05, 4.69) is 0 Å². The van der Waals surface area contributed by atoms with Gasteiger partial charge >= 0.3 is 0 Å². The smallest absolute Gasteiger partial charge is 0 e. The van der Waals surface area contributed by atoms with E-state index in [1.807, 2.05) is 0 Å². The van der Waals surface area contributed by atoms with Crippen LogP contribution in [0.1, 0.15) is 0 Å². The Labute approximate surface area is 127 Å². The van der Waals surface area contributed by atoms with Gasteiger partial charge in [-0.1, -0.05) is 0 Å². The molecule has 0 aliphatic heterocycles. The van der Waals surface area contributed by atoms with Gasteiger partial charge in [0.15, 0.2) is 0 Å². The fourth-order valence-electron chi connectivity index (χ4n) is 0.